The summed E-state index contributed by atoms with van der Waals surface area (Å²) in [6.07, 6.45) is 1.38. The highest BCUT2D eigenvalue weighted by Gasteiger charge is 2.04. The van der Waals surface area contributed by atoms with Crippen molar-refractivity contribution in [3.8, 4) is 0 Å². The number of aliphatic carboxylic acids is 1. The molecule has 6 N–H and O–H groups in total. The van der Waals surface area contributed by atoms with E-state index in [9.17, 15) is 9.90 Å². The largest absolute Gasteiger partial charge is 0.544 e. The summed E-state index contributed by atoms with van der Waals surface area (Å²) in [4.78, 5) is 10.0. The van der Waals surface area contributed by atoms with E-state index in [1.54, 1.807) is 0 Å². The van der Waals surface area contributed by atoms with Gasteiger partial charge in [0.25, 0.3) is 0 Å². The van der Waals surface area contributed by atoms with Crippen molar-refractivity contribution in [2.75, 3.05) is 6.54 Å². The van der Waals surface area contributed by atoms with E-state index in [0.29, 0.717) is 6.42 Å². The molecule has 0 unspecified atom stereocenters. The lowest BCUT2D eigenvalue weighted by Crippen LogP contribution is -2.68. The van der Waals surface area contributed by atoms with Crippen LogP contribution >= 0.6 is 0 Å². The van der Waals surface area contributed by atoms with Gasteiger partial charge in [-0.2, -0.15) is 0 Å². The fraction of sp³-hybridized carbons (Fsp3) is 0.800. The number of carboxylic acid groups (broad SMARTS) is 1. The minimum Gasteiger partial charge on any atom is -0.544 e. The second kappa shape index (κ2) is 4.29. The summed E-state index contributed by atoms with van der Waals surface area (Å²) in [6.45, 7) is 0.763. The smallest absolute Gasteiger partial charge is 0.125 e. The molecule has 0 amide bonds. The molecule has 0 saturated heterocycles. The van der Waals surface area contributed by atoms with E-state index in [1.165, 1.54) is 0 Å². The first-order valence-electron chi connectivity index (χ1n) is 3.01. The lowest BCUT2D eigenvalue weighted by molar-refractivity contribution is -0.441. The van der Waals surface area contributed by atoms with E-state index >= 15 is 0 Å². The van der Waals surface area contributed by atoms with Crippen LogP contribution in [0.5, 0.6) is 0 Å². The minimum atomic E-state index is -1.07. The zero-order valence-electron chi connectivity index (χ0n) is 5.43. The van der Waals surface area contributed by atoms with E-state index in [0.717, 1.165) is 13.0 Å². The monoisotopic (exact) mass is 133 g/mol. The quantitative estimate of drug-likeness (QED) is 0.414. The van der Waals surface area contributed by atoms with E-state index in [2.05, 4.69) is 11.5 Å². The highest BCUT2D eigenvalue weighted by molar-refractivity contribution is 5.68. The Morgan fingerprint density at radius 2 is 2.22 bits per heavy atom. The molecule has 0 heterocycles. The molecule has 0 spiro atoms. The topological polar surface area (TPSA) is 95.4 Å². The zero-order valence-corrected chi connectivity index (χ0v) is 5.43. The molecule has 0 radical (unpaired) electrons. The van der Waals surface area contributed by atoms with E-state index < -0.39 is 12.0 Å². The van der Waals surface area contributed by atoms with Crippen LogP contribution in [0, 0.1) is 0 Å². The Kier molecular flexibility index (Phi) is 4.00. The minimum absolute atomic E-state index is 0.563. The first-order valence-corrected chi connectivity index (χ1v) is 3.01. The number of rotatable bonds is 4. The Hall–Kier alpha value is -0.610. The van der Waals surface area contributed by atoms with Crippen molar-refractivity contribution in [2.45, 2.75) is 18.9 Å². The summed E-state index contributed by atoms with van der Waals surface area (Å²) in [5.41, 5.74) is 6.96. The molecule has 0 fully saturated rings. The summed E-state index contributed by atoms with van der Waals surface area (Å²) in [5, 5.41) is 10.0. The zero-order chi connectivity index (χ0) is 7.28. The van der Waals surface area contributed by atoms with Crippen LogP contribution in [0.3, 0.4) is 0 Å². The van der Waals surface area contributed by atoms with E-state index in [4.69, 9.17) is 0 Å². The number of carboxylic acids is 1. The van der Waals surface area contributed by atoms with Crippen molar-refractivity contribution in [3.05, 3.63) is 0 Å². The summed E-state index contributed by atoms with van der Waals surface area (Å²) in [6, 6.07) is -0.563. The second-order valence-electron chi connectivity index (χ2n) is 2.01. The Morgan fingerprint density at radius 1 is 1.67 bits per heavy atom. The van der Waals surface area contributed by atoms with Gasteiger partial charge < -0.3 is 21.4 Å². The molecule has 0 aromatic carbocycles. The molecule has 0 aromatic heterocycles. The molecule has 1 atom stereocenters. The third kappa shape index (κ3) is 3.93. The van der Waals surface area contributed by atoms with Crippen LogP contribution in [0.4, 0.5) is 0 Å². The number of hydrogen-bond acceptors (Lipinski definition) is 2. The molecule has 4 nitrogen and oxygen atoms in total. The highest BCUT2D eigenvalue weighted by atomic mass is 16.4. The highest BCUT2D eigenvalue weighted by Crippen LogP contribution is 1.86. The van der Waals surface area contributed by atoms with Crippen molar-refractivity contribution in [3.63, 3.8) is 0 Å². The van der Waals surface area contributed by atoms with Gasteiger partial charge in [-0.25, -0.2) is 0 Å². The number of hydrogen-bond donors (Lipinski definition) is 2. The van der Waals surface area contributed by atoms with Crippen molar-refractivity contribution >= 4 is 5.97 Å². The van der Waals surface area contributed by atoms with Gasteiger partial charge in [-0.3, -0.25) is 0 Å². The fourth-order valence-corrected chi connectivity index (χ4v) is 0.509. The van der Waals surface area contributed by atoms with Gasteiger partial charge in [-0.05, 0) is 0 Å². The normalized spacial score (nSPS) is 13.1. The SMILES string of the molecule is [NH3+]CCC[C@H]([NH3+])C(=O)[O-]. The number of carbonyl (C=O) groups is 1. The van der Waals surface area contributed by atoms with Crippen LogP contribution in [-0.4, -0.2) is 18.6 Å². The molecule has 0 rings (SSSR count). The molecular formula is C5H13N2O2+. The number of quaternary nitrogens is 2. The van der Waals surface area contributed by atoms with Gasteiger partial charge in [0.1, 0.15) is 6.04 Å². The molecule has 54 valence electrons. The van der Waals surface area contributed by atoms with Crippen molar-refractivity contribution in [1.29, 1.82) is 0 Å². The van der Waals surface area contributed by atoms with E-state index in [-0.39, 0.29) is 0 Å². The first-order chi connectivity index (χ1) is 4.18. The maximum Gasteiger partial charge on any atom is 0.125 e. The lowest BCUT2D eigenvalue weighted by atomic mass is 10.2. The van der Waals surface area contributed by atoms with Gasteiger partial charge in [-0.15, -0.1) is 0 Å². The Labute approximate surface area is 53.8 Å². The number of carbonyl (C=O) groups excluding carboxylic acids is 1. The molecular weight excluding hydrogens is 120 g/mol. The molecule has 0 aliphatic heterocycles. The van der Waals surface area contributed by atoms with Crippen molar-refractivity contribution in [1.82, 2.24) is 0 Å². The molecule has 9 heavy (non-hydrogen) atoms. The van der Waals surface area contributed by atoms with Gasteiger partial charge in [0, 0.05) is 12.8 Å². The summed E-state index contributed by atoms with van der Waals surface area (Å²) in [7, 11) is 0. The van der Waals surface area contributed by atoms with Gasteiger partial charge in [0.2, 0.25) is 0 Å². The predicted molar refractivity (Wildman–Crippen MR) is 28.7 cm³/mol. The van der Waals surface area contributed by atoms with Crippen LogP contribution in [-0.2, 0) is 4.79 Å². The Balaban J connectivity index is 3.27. The summed E-state index contributed by atoms with van der Waals surface area (Å²) >= 11 is 0. The van der Waals surface area contributed by atoms with Crippen molar-refractivity contribution < 1.29 is 21.4 Å². The fourth-order valence-electron chi connectivity index (χ4n) is 0.509. The molecule has 0 aliphatic carbocycles. The maximum atomic E-state index is 10.0. The predicted octanol–water partition coefficient (Wildman–Crippen LogP) is -3.63. The average molecular weight is 133 g/mol. The Bertz CT molecular complexity index is 95.0. The maximum absolute atomic E-state index is 10.0. The third-order valence-electron chi connectivity index (χ3n) is 1.14. The van der Waals surface area contributed by atoms with Crippen LogP contribution in [0.2, 0.25) is 0 Å². The average Bonchev–Trinajstić information content (AvgIpc) is 1.82. The van der Waals surface area contributed by atoms with Crippen molar-refractivity contribution in [2.24, 2.45) is 0 Å². The van der Waals surface area contributed by atoms with Crippen LogP contribution in [0.15, 0.2) is 0 Å². The molecule has 0 aromatic rings. The van der Waals surface area contributed by atoms with Gasteiger partial charge in [0.15, 0.2) is 0 Å². The van der Waals surface area contributed by atoms with Gasteiger partial charge in [0.05, 0.1) is 12.5 Å². The van der Waals surface area contributed by atoms with Gasteiger partial charge >= 0.3 is 0 Å². The summed E-state index contributed by atoms with van der Waals surface area (Å²) < 4.78 is 0. The second-order valence-corrected chi connectivity index (χ2v) is 2.01. The molecule has 4 heteroatoms. The Morgan fingerprint density at radius 3 is 2.56 bits per heavy atom. The van der Waals surface area contributed by atoms with Crippen LogP contribution in [0.1, 0.15) is 12.8 Å². The first kappa shape index (κ1) is 8.39. The standard InChI is InChI=1S/C5H12N2O2/c6-3-1-2-4(7)5(8)9/h4H,1-3,6-7H2,(H,8,9)/p+1/t4-/m0/s1. The van der Waals surface area contributed by atoms with Crippen LogP contribution in [0.25, 0.3) is 0 Å². The molecule has 0 bridgehead atoms. The van der Waals surface area contributed by atoms with Crippen LogP contribution < -0.4 is 16.6 Å². The molecule has 0 saturated carbocycles. The van der Waals surface area contributed by atoms with E-state index in [1.807, 2.05) is 0 Å². The third-order valence-corrected chi connectivity index (χ3v) is 1.14. The molecule has 0 aliphatic rings. The van der Waals surface area contributed by atoms with Gasteiger partial charge in [-0.1, -0.05) is 0 Å². The lowest BCUT2D eigenvalue weighted by Gasteiger charge is -2.06. The summed E-state index contributed by atoms with van der Waals surface area (Å²) in [5.74, 6) is -1.07.